The summed E-state index contributed by atoms with van der Waals surface area (Å²) in [6.45, 7) is 2.63. The first-order valence-corrected chi connectivity index (χ1v) is 5.00. The zero-order chi connectivity index (χ0) is 11.5. The summed E-state index contributed by atoms with van der Waals surface area (Å²) < 4.78 is 0. The summed E-state index contributed by atoms with van der Waals surface area (Å²) >= 11 is 0. The Kier molecular flexibility index (Phi) is 3.35. The molecule has 1 saturated heterocycles. The second-order valence-electron chi connectivity index (χ2n) is 3.89. The summed E-state index contributed by atoms with van der Waals surface area (Å²) in [6.07, 6.45) is 6.16. The molecule has 0 aliphatic carbocycles. The van der Waals surface area contributed by atoms with E-state index in [9.17, 15) is 9.59 Å². The molecular formula is C11H15NO3. The number of carboxylic acid groups (broad SMARTS) is 1. The lowest BCUT2D eigenvalue weighted by Crippen LogP contribution is -2.36. The molecule has 1 atom stereocenters. The van der Waals surface area contributed by atoms with Crippen LogP contribution in [-0.4, -0.2) is 35.0 Å². The Bertz CT molecular complexity index is 318. The predicted octanol–water partition coefficient (Wildman–Crippen LogP) is 0.723. The van der Waals surface area contributed by atoms with Gasteiger partial charge in [0.1, 0.15) is 0 Å². The number of carbonyl (C=O) groups is 2. The van der Waals surface area contributed by atoms with Gasteiger partial charge in [0.15, 0.2) is 0 Å². The van der Waals surface area contributed by atoms with Gasteiger partial charge in [0.2, 0.25) is 5.91 Å². The van der Waals surface area contributed by atoms with E-state index >= 15 is 0 Å². The highest BCUT2D eigenvalue weighted by Crippen LogP contribution is 2.34. The van der Waals surface area contributed by atoms with Gasteiger partial charge < -0.3 is 10.0 Å². The SMILES string of the molecule is C#CCC(=O)N1CCC(CC)(C(=O)O)C1. The standard InChI is InChI=1S/C11H15NO3/c1-3-5-9(13)12-7-6-11(4-2,8-12)10(14)15/h1H,4-8H2,2H3,(H,14,15). The normalized spacial score (nSPS) is 24.9. The number of rotatable bonds is 3. The minimum atomic E-state index is -0.819. The van der Waals surface area contributed by atoms with Crippen LogP contribution in [0.25, 0.3) is 0 Å². The van der Waals surface area contributed by atoms with Gasteiger partial charge in [-0.15, -0.1) is 6.42 Å². The first-order chi connectivity index (χ1) is 7.05. The molecule has 1 unspecified atom stereocenters. The van der Waals surface area contributed by atoms with Crippen molar-refractivity contribution in [3.63, 3.8) is 0 Å². The highest BCUT2D eigenvalue weighted by molar-refractivity contribution is 5.82. The van der Waals surface area contributed by atoms with Gasteiger partial charge in [-0.3, -0.25) is 9.59 Å². The summed E-state index contributed by atoms with van der Waals surface area (Å²) in [4.78, 5) is 24.1. The number of nitrogens with zero attached hydrogens (tertiary/aromatic N) is 1. The molecule has 0 saturated carbocycles. The third kappa shape index (κ3) is 2.12. The summed E-state index contributed by atoms with van der Waals surface area (Å²) in [5.41, 5.74) is -0.760. The molecule has 4 heteroatoms. The van der Waals surface area contributed by atoms with Crippen molar-refractivity contribution in [2.45, 2.75) is 26.2 Å². The maximum absolute atomic E-state index is 11.5. The topological polar surface area (TPSA) is 57.6 Å². The number of terminal acetylenes is 1. The minimum absolute atomic E-state index is 0.0550. The second kappa shape index (κ2) is 4.35. The largest absolute Gasteiger partial charge is 0.481 e. The fourth-order valence-electron chi connectivity index (χ4n) is 1.90. The molecule has 0 aromatic heterocycles. The van der Waals surface area contributed by atoms with E-state index in [1.165, 1.54) is 0 Å². The third-order valence-electron chi connectivity index (χ3n) is 3.09. The van der Waals surface area contributed by atoms with Gasteiger partial charge in [-0.05, 0) is 12.8 Å². The Morgan fingerprint density at radius 1 is 1.60 bits per heavy atom. The van der Waals surface area contributed by atoms with Crippen LogP contribution in [0.15, 0.2) is 0 Å². The van der Waals surface area contributed by atoms with Gasteiger partial charge >= 0.3 is 5.97 Å². The van der Waals surface area contributed by atoms with E-state index in [4.69, 9.17) is 11.5 Å². The van der Waals surface area contributed by atoms with Crippen molar-refractivity contribution in [1.29, 1.82) is 0 Å². The van der Waals surface area contributed by atoms with Gasteiger partial charge in [-0.2, -0.15) is 0 Å². The fourth-order valence-corrected chi connectivity index (χ4v) is 1.90. The Hall–Kier alpha value is -1.50. The molecule has 1 fully saturated rings. The number of likely N-dealkylation sites (tertiary alicyclic amines) is 1. The van der Waals surface area contributed by atoms with Crippen LogP contribution >= 0.6 is 0 Å². The molecule has 1 aliphatic rings. The second-order valence-corrected chi connectivity index (χ2v) is 3.89. The number of aliphatic carboxylic acids is 1. The zero-order valence-corrected chi connectivity index (χ0v) is 8.82. The van der Waals surface area contributed by atoms with Gasteiger partial charge in [0.25, 0.3) is 0 Å². The van der Waals surface area contributed by atoms with Crippen LogP contribution in [0.3, 0.4) is 0 Å². The van der Waals surface area contributed by atoms with Crippen LogP contribution in [0.1, 0.15) is 26.2 Å². The summed E-state index contributed by atoms with van der Waals surface area (Å²) in [5.74, 6) is 1.32. The molecule has 1 heterocycles. The van der Waals surface area contributed by atoms with Crippen molar-refractivity contribution >= 4 is 11.9 Å². The first kappa shape index (κ1) is 11.6. The Morgan fingerprint density at radius 3 is 2.67 bits per heavy atom. The molecule has 0 spiro atoms. The van der Waals surface area contributed by atoms with E-state index in [1.807, 2.05) is 6.92 Å². The molecule has 1 amide bonds. The maximum Gasteiger partial charge on any atom is 0.311 e. The molecule has 0 radical (unpaired) electrons. The van der Waals surface area contributed by atoms with Crippen molar-refractivity contribution in [2.24, 2.45) is 5.41 Å². The molecule has 0 aromatic rings. The Balaban J connectivity index is 2.69. The van der Waals surface area contributed by atoms with Gasteiger partial charge in [-0.25, -0.2) is 0 Å². The predicted molar refractivity (Wildman–Crippen MR) is 55.0 cm³/mol. The number of amides is 1. The molecule has 4 nitrogen and oxygen atoms in total. The fraction of sp³-hybridized carbons (Fsp3) is 0.636. The lowest BCUT2D eigenvalue weighted by molar-refractivity contribution is -0.148. The first-order valence-electron chi connectivity index (χ1n) is 5.00. The molecule has 15 heavy (non-hydrogen) atoms. The highest BCUT2D eigenvalue weighted by atomic mass is 16.4. The van der Waals surface area contributed by atoms with Crippen LogP contribution in [-0.2, 0) is 9.59 Å². The maximum atomic E-state index is 11.5. The molecule has 0 aromatic carbocycles. The van der Waals surface area contributed by atoms with Gasteiger partial charge in [0.05, 0.1) is 11.8 Å². The van der Waals surface area contributed by atoms with Crippen LogP contribution in [0.4, 0.5) is 0 Å². The minimum Gasteiger partial charge on any atom is -0.481 e. The number of hydrogen-bond donors (Lipinski definition) is 1. The van der Waals surface area contributed by atoms with Crippen molar-refractivity contribution in [3.8, 4) is 12.3 Å². The summed E-state index contributed by atoms with van der Waals surface area (Å²) in [7, 11) is 0. The Morgan fingerprint density at radius 2 is 2.27 bits per heavy atom. The zero-order valence-electron chi connectivity index (χ0n) is 8.82. The van der Waals surface area contributed by atoms with Crippen LogP contribution in [0, 0.1) is 17.8 Å². The summed E-state index contributed by atoms with van der Waals surface area (Å²) in [5, 5.41) is 9.11. The molecular weight excluding hydrogens is 194 g/mol. The van der Waals surface area contributed by atoms with Crippen LogP contribution < -0.4 is 0 Å². The van der Waals surface area contributed by atoms with Crippen LogP contribution in [0.2, 0.25) is 0 Å². The summed E-state index contributed by atoms with van der Waals surface area (Å²) in [6, 6.07) is 0. The van der Waals surface area contributed by atoms with Gasteiger partial charge in [-0.1, -0.05) is 12.8 Å². The average Bonchev–Trinajstić information content (AvgIpc) is 2.63. The van der Waals surface area contributed by atoms with Gasteiger partial charge in [0, 0.05) is 13.1 Å². The van der Waals surface area contributed by atoms with Crippen molar-refractivity contribution in [1.82, 2.24) is 4.90 Å². The Labute approximate surface area is 89.3 Å². The van der Waals surface area contributed by atoms with E-state index in [0.29, 0.717) is 25.9 Å². The molecule has 1 aliphatic heterocycles. The van der Waals surface area contributed by atoms with Crippen molar-refractivity contribution < 1.29 is 14.7 Å². The van der Waals surface area contributed by atoms with Crippen molar-refractivity contribution in [3.05, 3.63) is 0 Å². The highest BCUT2D eigenvalue weighted by Gasteiger charge is 2.44. The number of carboxylic acids is 1. The van der Waals surface area contributed by atoms with E-state index in [0.717, 1.165) is 0 Å². The van der Waals surface area contributed by atoms with E-state index < -0.39 is 11.4 Å². The van der Waals surface area contributed by atoms with E-state index in [2.05, 4.69) is 5.92 Å². The smallest absolute Gasteiger partial charge is 0.311 e. The average molecular weight is 209 g/mol. The number of carbonyl (C=O) groups excluding carboxylic acids is 1. The van der Waals surface area contributed by atoms with Crippen molar-refractivity contribution in [2.75, 3.05) is 13.1 Å². The molecule has 82 valence electrons. The quantitative estimate of drug-likeness (QED) is 0.697. The number of hydrogen-bond acceptors (Lipinski definition) is 2. The van der Waals surface area contributed by atoms with E-state index in [-0.39, 0.29) is 12.3 Å². The molecule has 0 bridgehead atoms. The molecule has 1 rings (SSSR count). The lowest BCUT2D eigenvalue weighted by atomic mass is 9.84. The lowest BCUT2D eigenvalue weighted by Gasteiger charge is -2.22. The molecule has 1 N–H and O–H groups in total. The van der Waals surface area contributed by atoms with Crippen LogP contribution in [0.5, 0.6) is 0 Å². The monoisotopic (exact) mass is 209 g/mol. The third-order valence-corrected chi connectivity index (χ3v) is 3.09. The van der Waals surface area contributed by atoms with E-state index in [1.54, 1.807) is 4.90 Å².